The molecule has 0 bridgehead atoms. The van der Waals surface area contributed by atoms with Crippen LogP contribution in [0.25, 0.3) is 0 Å². The summed E-state index contributed by atoms with van der Waals surface area (Å²) >= 11 is 0. The van der Waals surface area contributed by atoms with Gasteiger partial charge in [-0.05, 0) is 30.5 Å². The van der Waals surface area contributed by atoms with Crippen molar-refractivity contribution in [3.05, 3.63) is 35.6 Å². The summed E-state index contributed by atoms with van der Waals surface area (Å²) in [5.41, 5.74) is -0.489. The van der Waals surface area contributed by atoms with Gasteiger partial charge in [0.15, 0.2) is 0 Å². The van der Waals surface area contributed by atoms with Crippen LogP contribution < -0.4 is 5.32 Å². The number of nitrogens with one attached hydrogen (secondary N) is 1. The highest BCUT2D eigenvalue weighted by atomic mass is 19.1. The van der Waals surface area contributed by atoms with E-state index in [1.165, 1.54) is 17.0 Å². The van der Waals surface area contributed by atoms with Gasteiger partial charge in [-0.25, -0.2) is 14.0 Å². The van der Waals surface area contributed by atoms with Crippen LogP contribution in [0, 0.1) is 5.82 Å². The number of carboxylic acids is 1. The molecule has 116 valence electrons. The van der Waals surface area contributed by atoms with Crippen LogP contribution in [0.2, 0.25) is 0 Å². The van der Waals surface area contributed by atoms with Crippen LogP contribution in [0.4, 0.5) is 9.18 Å². The predicted molar refractivity (Wildman–Crippen MR) is 77.3 cm³/mol. The number of carbonyl (C=O) groups excluding carboxylic acids is 1. The van der Waals surface area contributed by atoms with Crippen molar-refractivity contribution in [2.45, 2.75) is 38.8 Å². The summed E-state index contributed by atoms with van der Waals surface area (Å²) in [5, 5.41) is 11.9. The molecule has 2 amide bonds. The SMILES string of the molecule is CCC(CC)(NC(=O)N(C)Cc1ccc(F)cc1)C(=O)O. The summed E-state index contributed by atoms with van der Waals surface area (Å²) in [4.78, 5) is 24.9. The Hall–Kier alpha value is -2.11. The summed E-state index contributed by atoms with van der Waals surface area (Å²) in [6.45, 7) is 3.71. The number of nitrogens with zero attached hydrogens (tertiary/aromatic N) is 1. The van der Waals surface area contributed by atoms with Gasteiger partial charge in [0.25, 0.3) is 0 Å². The smallest absolute Gasteiger partial charge is 0.329 e. The van der Waals surface area contributed by atoms with E-state index in [9.17, 15) is 19.1 Å². The number of hydrogen-bond acceptors (Lipinski definition) is 2. The van der Waals surface area contributed by atoms with Crippen LogP contribution in [0.1, 0.15) is 32.3 Å². The third-order valence-corrected chi connectivity index (χ3v) is 3.64. The van der Waals surface area contributed by atoms with Gasteiger partial charge in [-0.2, -0.15) is 0 Å². The quantitative estimate of drug-likeness (QED) is 0.847. The number of aliphatic carboxylic acids is 1. The van der Waals surface area contributed by atoms with Crippen molar-refractivity contribution in [2.75, 3.05) is 7.05 Å². The second-order valence-electron chi connectivity index (χ2n) is 5.01. The molecule has 0 aliphatic rings. The first kappa shape index (κ1) is 16.9. The van der Waals surface area contributed by atoms with E-state index in [4.69, 9.17) is 0 Å². The number of benzene rings is 1. The molecule has 5 nitrogen and oxygen atoms in total. The molecule has 0 spiro atoms. The lowest BCUT2D eigenvalue weighted by molar-refractivity contribution is -0.144. The normalized spacial score (nSPS) is 11.0. The van der Waals surface area contributed by atoms with Crippen LogP contribution in [0.15, 0.2) is 24.3 Å². The van der Waals surface area contributed by atoms with E-state index >= 15 is 0 Å². The first-order chi connectivity index (χ1) is 9.84. The molecule has 1 rings (SSSR count). The van der Waals surface area contributed by atoms with Crippen molar-refractivity contribution < 1.29 is 19.1 Å². The van der Waals surface area contributed by atoms with E-state index in [0.29, 0.717) is 12.8 Å². The fraction of sp³-hybridized carbons (Fsp3) is 0.467. The number of carboxylic acid groups (broad SMARTS) is 1. The molecular formula is C15H21FN2O3. The van der Waals surface area contributed by atoms with E-state index in [1.807, 2.05) is 0 Å². The topological polar surface area (TPSA) is 69.6 Å². The lowest BCUT2D eigenvalue weighted by Crippen LogP contribution is -2.56. The van der Waals surface area contributed by atoms with Gasteiger partial charge in [0, 0.05) is 13.6 Å². The molecule has 2 N–H and O–H groups in total. The third-order valence-electron chi connectivity index (χ3n) is 3.64. The second kappa shape index (κ2) is 7.06. The molecule has 0 aliphatic heterocycles. The summed E-state index contributed by atoms with van der Waals surface area (Å²) in [6, 6.07) is 5.35. The largest absolute Gasteiger partial charge is 0.480 e. The van der Waals surface area contributed by atoms with Crippen molar-refractivity contribution in [1.82, 2.24) is 10.2 Å². The van der Waals surface area contributed by atoms with Gasteiger partial charge in [-0.15, -0.1) is 0 Å². The molecule has 0 atom stereocenters. The number of rotatable bonds is 6. The number of carbonyl (C=O) groups is 2. The minimum atomic E-state index is -1.26. The molecule has 1 aromatic rings. The molecular weight excluding hydrogens is 275 g/mol. The first-order valence-corrected chi connectivity index (χ1v) is 6.85. The molecule has 0 saturated carbocycles. The Morgan fingerprint density at radius 3 is 2.19 bits per heavy atom. The second-order valence-corrected chi connectivity index (χ2v) is 5.01. The maximum absolute atomic E-state index is 12.8. The standard InChI is InChI=1S/C15H21FN2O3/c1-4-15(5-2,13(19)20)17-14(21)18(3)10-11-6-8-12(16)9-7-11/h6-9H,4-5,10H2,1-3H3,(H,17,21)(H,19,20). The van der Waals surface area contributed by atoms with Crippen molar-refractivity contribution >= 4 is 12.0 Å². The molecule has 1 aromatic carbocycles. The van der Waals surface area contributed by atoms with E-state index in [1.54, 1.807) is 33.0 Å². The Kier molecular flexibility index (Phi) is 5.69. The van der Waals surface area contributed by atoms with Crippen molar-refractivity contribution in [1.29, 1.82) is 0 Å². The summed E-state index contributed by atoms with van der Waals surface area (Å²) in [5.74, 6) is -1.39. The van der Waals surface area contributed by atoms with Crippen LogP contribution in [-0.2, 0) is 11.3 Å². The molecule has 0 heterocycles. The van der Waals surface area contributed by atoms with Gasteiger partial charge < -0.3 is 15.3 Å². The van der Waals surface area contributed by atoms with Gasteiger partial charge in [0.05, 0.1) is 0 Å². The molecule has 0 aromatic heterocycles. The van der Waals surface area contributed by atoms with E-state index in [-0.39, 0.29) is 12.4 Å². The number of amides is 2. The molecule has 0 radical (unpaired) electrons. The Morgan fingerprint density at radius 2 is 1.76 bits per heavy atom. The maximum atomic E-state index is 12.8. The Balaban J connectivity index is 2.73. The van der Waals surface area contributed by atoms with Crippen LogP contribution in [0.3, 0.4) is 0 Å². The lowest BCUT2D eigenvalue weighted by Gasteiger charge is -2.30. The zero-order chi connectivity index (χ0) is 16.0. The van der Waals surface area contributed by atoms with Crippen molar-refractivity contribution in [3.63, 3.8) is 0 Å². The number of urea groups is 1. The summed E-state index contributed by atoms with van der Waals surface area (Å²) in [6.07, 6.45) is 0.601. The van der Waals surface area contributed by atoms with E-state index in [2.05, 4.69) is 5.32 Å². The highest BCUT2D eigenvalue weighted by molar-refractivity contribution is 5.86. The van der Waals surface area contributed by atoms with Crippen LogP contribution >= 0.6 is 0 Å². The summed E-state index contributed by atoms with van der Waals surface area (Å²) < 4.78 is 12.8. The van der Waals surface area contributed by atoms with Gasteiger partial charge in [0.2, 0.25) is 0 Å². The maximum Gasteiger partial charge on any atom is 0.329 e. The van der Waals surface area contributed by atoms with Gasteiger partial charge in [-0.3, -0.25) is 0 Å². The molecule has 21 heavy (non-hydrogen) atoms. The van der Waals surface area contributed by atoms with Crippen LogP contribution in [-0.4, -0.2) is 34.6 Å². The Labute approximate surface area is 123 Å². The zero-order valence-corrected chi connectivity index (χ0v) is 12.5. The fourth-order valence-corrected chi connectivity index (χ4v) is 2.02. The average Bonchev–Trinajstić information content (AvgIpc) is 2.46. The monoisotopic (exact) mass is 296 g/mol. The summed E-state index contributed by atoms with van der Waals surface area (Å²) in [7, 11) is 1.57. The van der Waals surface area contributed by atoms with Crippen LogP contribution in [0.5, 0.6) is 0 Å². The van der Waals surface area contributed by atoms with Gasteiger partial charge in [-0.1, -0.05) is 26.0 Å². The van der Waals surface area contributed by atoms with E-state index < -0.39 is 17.5 Å². The average molecular weight is 296 g/mol. The van der Waals surface area contributed by atoms with Gasteiger partial charge >= 0.3 is 12.0 Å². The minimum absolute atomic E-state index is 0.273. The van der Waals surface area contributed by atoms with Gasteiger partial charge in [0.1, 0.15) is 11.4 Å². The van der Waals surface area contributed by atoms with Crippen molar-refractivity contribution in [3.8, 4) is 0 Å². The van der Waals surface area contributed by atoms with E-state index in [0.717, 1.165) is 5.56 Å². The number of hydrogen-bond donors (Lipinski definition) is 2. The zero-order valence-electron chi connectivity index (χ0n) is 12.5. The van der Waals surface area contributed by atoms with Crippen molar-refractivity contribution in [2.24, 2.45) is 0 Å². The molecule has 6 heteroatoms. The molecule has 0 aliphatic carbocycles. The fourth-order valence-electron chi connectivity index (χ4n) is 2.02. The Morgan fingerprint density at radius 1 is 1.24 bits per heavy atom. The predicted octanol–water partition coefficient (Wildman–Crippen LogP) is 2.61. The minimum Gasteiger partial charge on any atom is -0.480 e. The molecule has 0 unspecified atom stereocenters. The number of halogens is 1. The highest BCUT2D eigenvalue weighted by Crippen LogP contribution is 2.16. The molecule has 0 fully saturated rings. The first-order valence-electron chi connectivity index (χ1n) is 6.85. The lowest BCUT2D eigenvalue weighted by atomic mass is 9.93. The Bertz CT molecular complexity index is 498. The highest BCUT2D eigenvalue weighted by Gasteiger charge is 2.37. The third kappa shape index (κ3) is 4.18. The molecule has 0 saturated heterocycles.